The van der Waals surface area contributed by atoms with Crippen LogP contribution in [0.25, 0.3) is 0 Å². The summed E-state index contributed by atoms with van der Waals surface area (Å²) in [7, 11) is 0. The zero-order chi connectivity index (χ0) is 17.0. The summed E-state index contributed by atoms with van der Waals surface area (Å²) < 4.78 is 0. The van der Waals surface area contributed by atoms with Gasteiger partial charge in [0, 0.05) is 18.0 Å². The number of carboxylic acid groups (broad SMARTS) is 1. The zero-order valence-corrected chi connectivity index (χ0v) is 14.9. The second-order valence-electron chi connectivity index (χ2n) is 6.59. The maximum absolute atomic E-state index is 12.9. The van der Waals surface area contributed by atoms with Crippen molar-refractivity contribution in [3.05, 3.63) is 29.8 Å². The van der Waals surface area contributed by atoms with Crippen molar-refractivity contribution in [2.45, 2.75) is 50.2 Å². The predicted octanol–water partition coefficient (Wildman–Crippen LogP) is 3.90. The van der Waals surface area contributed by atoms with E-state index in [2.05, 4.69) is 13.8 Å². The molecule has 2 atom stereocenters. The van der Waals surface area contributed by atoms with Crippen molar-refractivity contribution in [3.8, 4) is 0 Å². The molecule has 0 aromatic heterocycles. The molecule has 0 saturated carbocycles. The molecule has 23 heavy (non-hydrogen) atoms. The van der Waals surface area contributed by atoms with Crippen LogP contribution in [0.3, 0.4) is 0 Å². The number of hydrogen-bond acceptors (Lipinski definition) is 3. The molecule has 4 nitrogen and oxygen atoms in total. The van der Waals surface area contributed by atoms with Gasteiger partial charge in [-0.1, -0.05) is 26.0 Å². The smallest absolute Gasteiger partial charge is 0.316 e. The number of benzene rings is 1. The highest BCUT2D eigenvalue weighted by Crippen LogP contribution is 2.34. The summed E-state index contributed by atoms with van der Waals surface area (Å²) >= 11 is 1.23. The number of aliphatic carboxylic acids is 1. The van der Waals surface area contributed by atoms with E-state index in [9.17, 15) is 9.59 Å². The van der Waals surface area contributed by atoms with Gasteiger partial charge < -0.3 is 10.0 Å². The van der Waals surface area contributed by atoms with Crippen molar-refractivity contribution in [2.75, 3.05) is 13.1 Å². The quantitative estimate of drug-likeness (QED) is 0.829. The first-order valence-electron chi connectivity index (χ1n) is 8.14. The summed E-state index contributed by atoms with van der Waals surface area (Å²) in [5.41, 5.74) is 0.801. The molecule has 1 fully saturated rings. The second-order valence-corrected chi connectivity index (χ2v) is 7.97. The molecule has 0 bridgehead atoms. The largest absolute Gasteiger partial charge is 0.480 e. The molecule has 1 aromatic carbocycles. The van der Waals surface area contributed by atoms with E-state index >= 15 is 0 Å². The molecule has 2 rings (SSSR count). The molecule has 1 amide bonds. The molecular formula is C18H25NO3S. The molecule has 2 unspecified atom stereocenters. The highest BCUT2D eigenvalue weighted by Gasteiger charge is 2.32. The number of nitrogens with zero attached hydrogens (tertiary/aromatic N) is 1. The number of likely N-dealkylation sites (tertiary alicyclic amines) is 1. The summed E-state index contributed by atoms with van der Waals surface area (Å²) in [5, 5.41) is 8.53. The molecule has 5 heteroatoms. The normalized spacial score (nSPS) is 22.7. The lowest BCUT2D eigenvalue weighted by atomic mass is 9.79. The Morgan fingerprint density at radius 1 is 1.39 bits per heavy atom. The van der Waals surface area contributed by atoms with Gasteiger partial charge in [0.2, 0.25) is 0 Å². The van der Waals surface area contributed by atoms with Gasteiger partial charge in [-0.05, 0) is 43.7 Å². The number of amides is 1. The van der Waals surface area contributed by atoms with E-state index in [-0.39, 0.29) is 11.3 Å². The Balaban J connectivity index is 2.21. The summed E-state index contributed by atoms with van der Waals surface area (Å²) in [6.07, 6.45) is 3.24. The summed E-state index contributed by atoms with van der Waals surface area (Å²) in [4.78, 5) is 26.7. The Bertz CT molecular complexity index is 589. The minimum Gasteiger partial charge on any atom is -0.480 e. The SMILES string of the molecule is CCC1(C)CCCN(C(=O)c2ccccc2SC(C)C(=O)O)C1. The predicted molar refractivity (Wildman–Crippen MR) is 92.9 cm³/mol. The van der Waals surface area contributed by atoms with Gasteiger partial charge in [0.15, 0.2) is 0 Å². The minimum atomic E-state index is -0.867. The van der Waals surface area contributed by atoms with Crippen LogP contribution >= 0.6 is 11.8 Å². The van der Waals surface area contributed by atoms with Crippen LogP contribution in [-0.2, 0) is 4.79 Å². The Labute approximate surface area is 142 Å². The van der Waals surface area contributed by atoms with Crippen LogP contribution in [-0.4, -0.2) is 40.2 Å². The van der Waals surface area contributed by atoms with E-state index < -0.39 is 11.2 Å². The Morgan fingerprint density at radius 3 is 2.74 bits per heavy atom. The number of thioether (sulfide) groups is 1. The average molecular weight is 335 g/mol. The number of rotatable bonds is 5. The molecule has 1 aliphatic heterocycles. The fraction of sp³-hybridized carbons (Fsp3) is 0.556. The Hall–Kier alpha value is -1.49. The maximum atomic E-state index is 12.9. The molecule has 0 radical (unpaired) electrons. The van der Waals surface area contributed by atoms with Crippen molar-refractivity contribution in [1.82, 2.24) is 4.90 Å². The lowest BCUT2D eigenvalue weighted by Gasteiger charge is -2.40. The molecule has 1 aromatic rings. The van der Waals surface area contributed by atoms with E-state index in [0.717, 1.165) is 37.2 Å². The van der Waals surface area contributed by atoms with Crippen LogP contribution in [0.5, 0.6) is 0 Å². The number of carbonyl (C=O) groups is 2. The third-order valence-corrected chi connectivity index (χ3v) is 5.86. The Kier molecular flexibility index (Phi) is 5.74. The zero-order valence-electron chi connectivity index (χ0n) is 14.0. The van der Waals surface area contributed by atoms with Gasteiger partial charge in [-0.2, -0.15) is 0 Å². The van der Waals surface area contributed by atoms with Crippen molar-refractivity contribution >= 4 is 23.6 Å². The van der Waals surface area contributed by atoms with Gasteiger partial charge in [0.1, 0.15) is 5.25 Å². The molecule has 0 spiro atoms. The molecule has 1 saturated heterocycles. The molecule has 1 aliphatic rings. The first-order chi connectivity index (χ1) is 10.9. The summed E-state index contributed by atoms with van der Waals surface area (Å²) in [6.45, 7) is 7.60. The maximum Gasteiger partial charge on any atom is 0.316 e. The van der Waals surface area contributed by atoms with Crippen LogP contribution < -0.4 is 0 Å². The van der Waals surface area contributed by atoms with Crippen molar-refractivity contribution < 1.29 is 14.7 Å². The molecule has 1 N–H and O–H groups in total. The van der Waals surface area contributed by atoms with E-state index in [1.165, 1.54) is 11.8 Å². The van der Waals surface area contributed by atoms with E-state index in [1.807, 2.05) is 23.1 Å². The molecule has 0 aliphatic carbocycles. The highest BCUT2D eigenvalue weighted by molar-refractivity contribution is 8.00. The number of piperidine rings is 1. The van der Waals surface area contributed by atoms with E-state index in [1.54, 1.807) is 13.0 Å². The van der Waals surface area contributed by atoms with Crippen LogP contribution in [0.2, 0.25) is 0 Å². The van der Waals surface area contributed by atoms with Gasteiger partial charge in [0.25, 0.3) is 5.91 Å². The number of carbonyl (C=O) groups excluding carboxylic acids is 1. The monoisotopic (exact) mass is 335 g/mol. The van der Waals surface area contributed by atoms with Crippen LogP contribution in [0.1, 0.15) is 50.4 Å². The van der Waals surface area contributed by atoms with Gasteiger partial charge in [-0.3, -0.25) is 9.59 Å². The van der Waals surface area contributed by atoms with Crippen LogP contribution in [0.4, 0.5) is 0 Å². The third kappa shape index (κ3) is 4.28. The van der Waals surface area contributed by atoms with Gasteiger partial charge in [-0.25, -0.2) is 0 Å². The Morgan fingerprint density at radius 2 is 2.09 bits per heavy atom. The van der Waals surface area contributed by atoms with Gasteiger partial charge >= 0.3 is 5.97 Å². The lowest BCUT2D eigenvalue weighted by molar-refractivity contribution is -0.136. The minimum absolute atomic E-state index is 0.0186. The molecule has 126 valence electrons. The van der Waals surface area contributed by atoms with Gasteiger partial charge in [0.05, 0.1) is 5.56 Å². The van der Waals surface area contributed by atoms with Crippen molar-refractivity contribution in [3.63, 3.8) is 0 Å². The van der Waals surface area contributed by atoms with E-state index in [4.69, 9.17) is 5.11 Å². The first kappa shape index (κ1) is 17.9. The fourth-order valence-corrected chi connectivity index (χ4v) is 3.86. The summed E-state index contributed by atoms with van der Waals surface area (Å²) in [6, 6.07) is 7.32. The van der Waals surface area contributed by atoms with Crippen LogP contribution in [0.15, 0.2) is 29.2 Å². The standard InChI is InChI=1S/C18H25NO3S/c1-4-18(3)10-7-11-19(12-18)16(20)14-8-5-6-9-15(14)23-13(2)17(21)22/h5-6,8-9,13H,4,7,10-12H2,1-3H3,(H,21,22). The first-order valence-corrected chi connectivity index (χ1v) is 9.02. The number of carboxylic acids is 1. The topological polar surface area (TPSA) is 57.6 Å². The highest BCUT2D eigenvalue weighted by atomic mass is 32.2. The second kappa shape index (κ2) is 7.39. The summed E-state index contributed by atoms with van der Waals surface area (Å²) in [5.74, 6) is -0.848. The number of hydrogen-bond donors (Lipinski definition) is 1. The van der Waals surface area contributed by atoms with E-state index in [0.29, 0.717) is 5.56 Å². The lowest BCUT2D eigenvalue weighted by Crippen LogP contribution is -2.44. The average Bonchev–Trinajstić information content (AvgIpc) is 2.54. The van der Waals surface area contributed by atoms with Gasteiger partial charge in [-0.15, -0.1) is 11.8 Å². The molecule has 1 heterocycles. The molecular weight excluding hydrogens is 310 g/mol. The van der Waals surface area contributed by atoms with Crippen molar-refractivity contribution in [2.24, 2.45) is 5.41 Å². The third-order valence-electron chi connectivity index (χ3n) is 4.69. The van der Waals surface area contributed by atoms with Crippen molar-refractivity contribution in [1.29, 1.82) is 0 Å². The fourth-order valence-electron chi connectivity index (χ4n) is 2.93. The van der Waals surface area contributed by atoms with Crippen LogP contribution in [0, 0.1) is 5.41 Å².